The minimum atomic E-state index is -1.64. The monoisotopic (exact) mass is 390 g/mol. The number of aliphatic hydroxyl groups excluding tert-OH is 4. The molecule has 0 unspecified atom stereocenters. The molecule has 2 saturated heterocycles. The fourth-order valence-corrected chi connectivity index (χ4v) is 3.67. The third kappa shape index (κ3) is 3.66. The number of rotatable bonds is 4. The van der Waals surface area contributed by atoms with Gasteiger partial charge >= 0.3 is 11.9 Å². The summed E-state index contributed by atoms with van der Waals surface area (Å²) in [6.07, 6.45) is -8.54. The summed E-state index contributed by atoms with van der Waals surface area (Å²) >= 11 is 0. The van der Waals surface area contributed by atoms with Crippen LogP contribution in [0.15, 0.2) is 11.8 Å². The predicted molar refractivity (Wildman–Crippen MR) is 82.6 cm³/mol. The van der Waals surface area contributed by atoms with Crippen molar-refractivity contribution in [1.29, 1.82) is 0 Å². The first kappa shape index (κ1) is 20.0. The van der Waals surface area contributed by atoms with Gasteiger partial charge in [-0.25, -0.2) is 4.79 Å². The van der Waals surface area contributed by atoms with E-state index in [1.165, 1.54) is 0 Å². The smallest absolute Gasteiger partial charge is 0.335 e. The molecule has 11 nitrogen and oxygen atoms in total. The Morgan fingerprint density at radius 2 is 1.93 bits per heavy atom. The summed E-state index contributed by atoms with van der Waals surface area (Å²) < 4.78 is 21.4. The highest BCUT2D eigenvalue weighted by Crippen LogP contribution is 2.41. The molecule has 3 rings (SSSR count). The number of fused-ring (bicyclic) bond motifs is 1. The molecule has 5 N–H and O–H groups in total. The number of carbonyl (C=O) groups excluding carboxylic acids is 1. The van der Waals surface area contributed by atoms with Crippen LogP contribution >= 0.6 is 0 Å². The lowest BCUT2D eigenvalue weighted by molar-refractivity contribution is -0.346. The van der Waals surface area contributed by atoms with Crippen LogP contribution in [-0.2, 0) is 28.5 Å². The molecule has 2 fully saturated rings. The normalized spacial score (nSPS) is 44.6. The Kier molecular flexibility index (Phi) is 5.70. The zero-order valence-electron chi connectivity index (χ0n) is 14.4. The van der Waals surface area contributed by atoms with Crippen LogP contribution in [0.3, 0.4) is 0 Å². The maximum absolute atomic E-state index is 11.7. The van der Waals surface area contributed by atoms with Crippen LogP contribution in [0.2, 0.25) is 0 Å². The van der Waals surface area contributed by atoms with Crippen molar-refractivity contribution in [1.82, 2.24) is 0 Å². The second-order valence-corrected chi connectivity index (χ2v) is 6.80. The maximum atomic E-state index is 11.7. The molecule has 0 radical (unpaired) electrons. The molecule has 3 heterocycles. The van der Waals surface area contributed by atoms with Gasteiger partial charge in [0.15, 0.2) is 6.29 Å². The van der Waals surface area contributed by atoms with Crippen LogP contribution in [0.5, 0.6) is 0 Å². The van der Waals surface area contributed by atoms with Gasteiger partial charge in [-0.2, -0.15) is 0 Å². The second kappa shape index (κ2) is 7.70. The highest BCUT2D eigenvalue weighted by Gasteiger charge is 2.51. The molecule has 3 aliphatic rings. The average molecular weight is 390 g/mol. The van der Waals surface area contributed by atoms with E-state index in [9.17, 15) is 35.1 Å². The van der Waals surface area contributed by atoms with Gasteiger partial charge in [0.25, 0.3) is 0 Å². The lowest BCUT2D eigenvalue weighted by Gasteiger charge is -2.45. The number of cyclic esters (lactones) is 1. The van der Waals surface area contributed by atoms with E-state index in [-0.39, 0.29) is 12.0 Å². The molecule has 0 aromatic heterocycles. The first-order valence-electron chi connectivity index (χ1n) is 8.48. The SMILES string of the molecule is C[C@H]1OC(=O)C[C@H]2C(C(=O)O)=CO[C@H](O[C@H]3O[C@@H](CO)[C@@H](O)[C@@H](O)[C@H]3O)[C@H]12. The number of aliphatic carboxylic acids is 1. The summed E-state index contributed by atoms with van der Waals surface area (Å²) in [5.41, 5.74) is -0.0999. The van der Waals surface area contributed by atoms with E-state index in [2.05, 4.69) is 0 Å². The van der Waals surface area contributed by atoms with Crippen LogP contribution < -0.4 is 0 Å². The Morgan fingerprint density at radius 3 is 2.56 bits per heavy atom. The molecular formula is C16H22O11. The molecule has 0 amide bonds. The number of carbonyl (C=O) groups is 2. The zero-order valence-corrected chi connectivity index (χ0v) is 14.4. The fraction of sp³-hybridized carbons (Fsp3) is 0.750. The number of aliphatic hydroxyl groups is 4. The Hall–Kier alpha value is -1.76. The number of hydrogen-bond acceptors (Lipinski definition) is 10. The molecule has 0 aromatic carbocycles. The zero-order chi connectivity index (χ0) is 19.9. The summed E-state index contributed by atoms with van der Waals surface area (Å²) in [5, 5.41) is 48.4. The Morgan fingerprint density at radius 1 is 1.22 bits per heavy atom. The van der Waals surface area contributed by atoms with E-state index in [4.69, 9.17) is 18.9 Å². The number of carboxylic acids is 1. The molecule has 0 aliphatic carbocycles. The van der Waals surface area contributed by atoms with E-state index in [0.717, 1.165) is 6.26 Å². The molecule has 11 heteroatoms. The lowest BCUT2D eigenvalue weighted by atomic mass is 9.77. The molecule has 152 valence electrons. The van der Waals surface area contributed by atoms with Crippen molar-refractivity contribution in [2.24, 2.45) is 11.8 Å². The van der Waals surface area contributed by atoms with Gasteiger partial charge in [-0.15, -0.1) is 0 Å². The van der Waals surface area contributed by atoms with Crippen molar-refractivity contribution in [2.45, 2.75) is 56.4 Å². The molecule has 0 aromatic rings. The number of ether oxygens (including phenoxy) is 4. The fourth-order valence-electron chi connectivity index (χ4n) is 3.67. The number of hydrogen-bond donors (Lipinski definition) is 5. The summed E-state index contributed by atoms with van der Waals surface area (Å²) in [6, 6.07) is 0. The van der Waals surface area contributed by atoms with Gasteiger partial charge in [0.1, 0.15) is 30.5 Å². The third-order valence-corrected chi connectivity index (χ3v) is 5.12. The van der Waals surface area contributed by atoms with E-state index in [1.54, 1.807) is 6.92 Å². The van der Waals surface area contributed by atoms with Crippen LogP contribution in [0.4, 0.5) is 0 Å². The van der Waals surface area contributed by atoms with Crippen LogP contribution in [0, 0.1) is 11.8 Å². The third-order valence-electron chi connectivity index (χ3n) is 5.12. The van der Waals surface area contributed by atoms with Crippen molar-refractivity contribution < 1.29 is 54.1 Å². The van der Waals surface area contributed by atoms with E-state index in [0.29, 0.717) is 0 Å². The van der Waals surface area contributed by atoms with Gasteiger partial charge in [-0.05, 0) is 6.92 Å². The first-order valence-corrected chi connectivity index (χ1v) is 8.48. The van der Waals surface area contributed by atoms with Crippen molar-refractivity contribution in [3.05, 3.63) is 11.8 Å². The molecule has 27 heavy (non-hydrogen) atoms. The quantitative estimate of drug-likeness (QED) is 0.327. The number of esters is 1. The highest BCUT2D eigenvalue weighted by molar-refractivity contribution is 5.88. The molecule has 3 aliphatic heterocycles. The van der Waals surface area contributed by atoms with E-state index in [1.807, 2.05) is 0 Å². The molecule has 0 spiro atoms. The van der Waals surface area contributed by atoms with Crippen molar-refractivity contribution in [2.75, 3.05) is 6.61 Å². The lowest BCUT2D eigenvalue weighted by Crippen LogP contribution is -2.61. The molecule has 0 bridgehead atoms. The van der Waals surface area contributed by atoms with Crippen molar-refractivity contribution in [3.8, 4) is 0 Å². The van der Waals surface area contributed by atoms with Gasteiger partial charge in [-0.1, -0.05) is 0 Å². The Labute approximate surface area is 153 Å². The highest BCUT2D eigenvalue weighted by atomic mass is 16.8. The van der Waals surface area contributed by atoms with Crippen LogP contribution in [-0.4, -0.2) is 87.2 Å². The van der Waals surface area contributed by atoms with Crippen LogP contribution in [0.25, 0.3) is 0 Å². The molecular weight excluding hydrogens is 368 g/mol. The van der Waals surface area contributed by atoms with Crippen molar-refractivity contribution in [3.63, 3.8) is 0 Å². The summed E-state index contributed by atoms with van der Waals surface area (Å²) in [4.78, 5) is 23.2. The minimum Gasteiger partial charge on any atom is -0.478 e. The largest absolute Gasteiger partial charge is 0.478 e. The van der Waals surface area contributed by atoms with Gasteiger partial charge in [0, 0.05) is 5.92 Å². The Balaban J connectivity index is 1.82. The molecule has 0 saturated carbocycles. The molecule has 9 atom stereocenters. The van der Waals surface area contributed by atoms with Crippen molar-refractivity contribution >= 4 is 11.9 Å². The van der Waals surface area contributed by atoms with Gasteiger partial charge in [0.2, 0.25) is 6.29 Å². The standard InChI is InChI=1S/C16H22O11/c1-5-10-6(2-9(18)25-5)7(14(22)23)4-24-15(10)27-16-13(21)12(20)11(19)8(3-17)26-16/h4-6,8,10-13,15-17,19-21H,2-3H2,1H3,(H,22,23)/t5-,6+,8+,10-,11-,12-,13-,15-,16-/m1/s1. The van der Waals surface area contributed by atoms with E-state index < -0.39 is 73.5 Å². The van der Waals surface area contributed by atoms with Crippen LogP contribution in [0.1, 0.15) is 13.3 Å². The first-order chi connectivity index (χ1) is 12.7. The summed E-state index contributed by atoms with van der Waals surface area (Å²) in [7, 11) is 0. The minimum absolute atomic E-state index is 0.0999. The van der Waals surface area contributed by atoms with Gasteiger partial charge < -0.3 is 44.5 Å². The van der Waals surface area contributed by atoms with E-state index >= 15 is 0 Å². The average Bonchev–Trinajstić information content (AvgIpc) is 2.61. The topological polar surface area (TPSA) is 172 Å². The summed E-state index contributed by atoms with van der Waals surface area (Å²) in [6.45, 7) is 0.936. The predicted octanol–water partition coefficient (Wildman–Crippen LogP) is -2.30. The maximum Gasteiger partial charge on any atom is 0.335 e. The number of carboxylic acid groups (broad SMARTS) is 1. The Bertz CT molecular complexity index is 617. The van der Waals surface area contributed by atoms with Gasteiger partial charge in [0.05, 0.1) is 30.8 Å². The second-order valence-electron chi connectivity index (χ2n) is 6.80. The van der Waals surface area contributed by atoms with Gasteiger partial charge in [-0.3, -0.25) is 4.79 Å². The summed E-state index contributed by atoms with van der Waals surface area (Å²) in [5.74, 6) is -3.23.